The van der Waals surface area contributed by atoms with Gasteiger partial charge < -0.3 is 29.0 Å². The van der Waals surface area contributed by atoms with Crippen LogP contribution in [0.25, 0.3) is 11.3 Å². The molecule has 38 heavy (non-hydrogen) atoms. The maximum absolute atomic E-state index is 13.7. The maximum Gasteiger partial charge on any atom is 0.273 e. The van der Waals surface area contributed by atoms with Crippen molar-refractivity contribution in [1.29, 1.82) is 0 Å². The predicted octanol–water partition coefficient (Wildman–Crippen LogP) is 4.60. The summed E-state index contributed by atoms with van der Waals surface area (Å²) in [4.78, 5) is 15.5. The van der Waals surface area contributed by atoms with Gasteiger partial charge in [0.2, 0.25) is 5.75 Å². The summed E-state index contributed by atoms with van der Waals surface area (Å²) in [6, 6.07) is 18.4. The molecule has 3 aromatic carbocycles. The van der Waals surface area contributed by atoms with Crippen molar-refractivity contribution in [3.05, 3.63) is 83.0 Å². The molecule has 0 radical (unpaired) electrons. The zero-order valence-corrected chi connectivity index (χ0v) is 21.6. The van der Waals surface area contributed by atoms with Crippen molar-refractivity contribution in [1.82, 2.24) is 15.1 Å². The highest BCUT2D eigenvalue weighted by Crippen LogP contribution is 2.47. The van der Waals surface area contributed by atoms with E-state index in [1.54, 1.807) is 31.3 Å². The highest BCUT2D eigenvalue weighted by atomic mass is 16.5. The van der Waals surface area contributed by atoms with Crippen LogP contribution < -0.4 is 18.9 Å². The monoisotopic (exact) mass is 515 g/mol. The smallest absolute Gasteiger partial charge is 0.273 e. The lowest BCUT2D eigenvalue weighted by atomic mass is 9.95. The summed E-state index contributed by atoms with van der Waals surface area (Å²) in [5.74, 6) is 1.52. The van der Waals surface area contributed by atoms with Gasteiger partial charge in [-0.1, -0.05) is 36.4 Å². The molecule has 9 heteroatoms. The molecule has 1 aliphatic heterocycles. The molecule has 1 amide bonds. The number of amides is 1. The van der Waals surface area contributed by atoms with Crippen LogP contribution in [0, 0.1) is 0 Å². The molecular weight excluding hydrogens is 486 g/mol. The van der Waals surface area contributed by atoms with E-state index in [2.05, 4.69) is 10.2 Å². The Bertz CT molecular complexity index is 1440. The molecule has 0 aliphatic carbocycles. The van der Waals surface area contributed by atoms with Crippen molar-refractivity contribution in [2.45, 2.75) is 12.5 Å². The second-order valence-electron chi connectivity index (χ2n) is 8.84. The summed E-state index contributed by atoms with van der Waals surface area (Å²) >= 11 is 0. The molecule has 1 aromatic heterocycles. The Labute approximate surface area is 220 Å². The molecule has 0 spiro atoms. The third-order valence-electron chi connectivity index (χ3n) is 6.82. The topological polar surface area (TPSA) is 106 Å². The van der Waals surface area contributed by atoms with Gasteiger partial charge in [-0.2, -0.15) is 5.10 Å². The van der Waals surface area contributed by atoms with Crippen molar-refractivity contribution >= 4 is 5.91 Å². The number of carbonyl (C=O) groups excluding carboxylic acids is 1. The number of nitrogens with one attached hydrogen (secondary N) is 1. The number of aromatic nitrogens is 2. The number of aromatic amines is 1. The Morgan fingerprint density at radius 1 is 0.868 bits per heavy atom. The number of phenolic OH excluding ortho intramolecular Hbond substituents is 1. The van der Waals surface area contributed by atoms with E-state index in [4.69, 9.17) is 18.9 Å². The van der Waals surface area contributed by atoms with Gasteiger partial charge in [0.25, 0.3) is 5.91 Å². The summed E-state index contributed by atoms with van der Waals surface area (Å²) in [6.07, 6.45) is 0.577. The number of nitrogens with zero attached hydrogens (tertiary/aromatic N) is 2. The van der Waals surface area contributed by atoms with E-state index in [9.17, 15) is 9.90 Å². The Morgan fingerprint density at radius 2 is 1.53 bits per heavy atom. The van der Waals surface area contributed by atoms with E-state index < -0.39 is 6.04 Å². The Kier molecular flexibility index (Phi) is 6.83. The molecule has 0 fully saturated rings. The molecular formula is C29H29N3O6. The van der Waals surface area contributed by atoms with Crippen molar-refractivity contribution < 1.29 is 28.8 Å². The fourth-order valence-corrected chi connectivity index (χ4v) is 4.95. The van der Waals surface area contributed by atoms with Crippen molar-refractivity contribution in [3.63, 3.8) is 0 Å². The van der Waals surface area contributed by atoms with Crippen LogP contribution in [0.1, 0.15) is 33.2 Å². The molecule has 1 unspecified atom stereocenters. The van der Waals surface area contributed by atoms with Crippen LogP contribution in [0.3, 0.4) is 0 Å². The predicted molar refractivity (Wildman–Crippen MR) is 141 cm³/mol. The quantitative estimate of drug-likeness (QED) is 0.335. The number of ether oxygens (including phenoxy) is 4. The van der Waals surface area contributed by atoms with Gasteiger partial charge in [-0.25, -0.2) is 0 Å². The third kappa shape index (κ3) is 4.26. The number of H-pyrrole nitrogens is 1. The normalized spacial score (nSPS) is 14.4. The molecule has 5 rings (SSSR count). The van der Waals surface area contributed by atoms with Crippen LogP contribution >= 0.6 is 0 Å². The number of hydrogen-bond acceptors (Lipinski definition) is 7. The van der Waals surface area contributed by atoms with Crippen LogP contribution in [0.2, 0.25) is 0 Å². The van der Waals surface area contributed by atoms with Crippen molar-refractivity contribution in [2.75, 3.05) is 35.0 Å². The minimum absolute atomic E-state index is 0.101. The number of hydrogen-bond donors (Lipinski definition) is 2. The number of aromatic hydroxyl groups is 1. The van der Waals surface area contributed by atoms with Crippen LogP contribution in [0.15, 0.2) is 60.7 Å². The van der Waals surface area contributed by atoms with Gasteiger partial charge in [-0.15, -0.1) is 0 Å². The van der Waals surface area contributed by atoms with Crippen LogP contribution in [-0.4, -0.2) is 61.1 Å². The van der Waals surface area contributed by atoms with Gasteiger partial charge >= 0.3 is 0 Å². The first-order valence-electron chi connectivity index (χ1n) is 12.1. The van der Waals surface area contributed by atoms with Gasteiger partial charge in [0.15, 0.2) is 23.0 Å². The molecule has 0 saturated carbocycles. The zero-order valence-electron chi connectivity index (χ0n) is 21.6. The van der Waals surface area contributed by atoms with E-state index in [1.807, 2.05) is 48.5 Å². The number of benzene rings is 3. The molecule has 9 nitrogen and oxygen atoms in total. The lowest BCUT2D eigenvalue weighted by molar-refractivity contribution is 0.0745. The first-order chi connectivity index (χ1) is 18.5. The zero-order chi connectivity index (χ0) is 26.8. The summed E-state index contributed by atoms with van der Waals surface area (Å²) in [6.45, 7) is 0.418. The van der Waals surface area contributed by atoms with Gasteiger partial charge in [0, 0.05) is 17.7 Å². The van der Waals surface area contributed by atoms with Crippen LogP contribution in [-0.2, 0) is 6.42 Å². The molecule has 1 atom stereocenters. The molecule has 0 saturated heterocycles. The maximum atomic E-state index is 13.7. The van der Waals surface area contributed by atoms with E-state index >= 15 is 0 Å². The molecule has 196 valence electrons. The van der Waals surface area contributed by atoms with Gasteiger partial charge in [0.05, 0.1) is 40.2 Å². The van der Waals surface area contributed by atoms with E-state index in [0.717, 1.165) is 22.3 Å². The van der Waals surface area contributed by atoms with Crippen LogP contribution in [0.4, 0.5) is 0 Å². The summed E-state index contributed by atoms with van der Waals surface area (Å²) in [5, 5.41) is 18.0. The van der Waals surface area contributed by atoms with E-state index in [0.29, 0.717) is 35.9 Å². The van der Waals surface area contributed by atoms with Gasteiger partial charge in [0.1, 0.15) is 5.69 Å². The number of rotatable bonds is 9. The van der Waals surface area contributed by atoms with E-state index in [1.165, 1.54) is 14.2 Å². The molecule has 0 bridgehead atoms. The SMILES string of the molecule is COc1ccc(CCN2C(=O)c3[nH]nc(-c4ccccc4)c3C2c2cc(OC)c(O)c(OC)c2)cc1OC. The lowest BCUT2D eigenvalue weighted by Gasteiger charge is -2.27. The highest BCUT2D eigenvalue weighted by Gasteiger charge is 2.42. The van der Waals surface area contributed by atoms with Gasteiger partial charge in [-0.05, 0) is 41.8 Å². The second-order valence-corrected chi connectivity index (χ2v) is 8.84. The Hall–Kier alpha value is -4.66. The number of phenols is 1. The van der Waals surface area contributed by atoms with Crippen molar-refractivity contribution in [2.24, 2.45) is 0 Å². The number of fused-ring (bicyclic) bond motifs is 1. The lowest BCUT2D eigenvalue weighted by Crippen LogP contribution is -2.31. The molecule has 1 aliphatic rings. The molecule has 2 N–H and O–H groups in total. The standard InChI is InChI=1S/C29H29N3O6/c1-35-20-11-10-17(14-21(20)36-2)12-13-32-27(19-15-22(37-3)28(33)23(16-19)38-4)24-25(18-8-6-5-7-9-18)30-31-26(24)29(32)34/h5-11,14-16,27,33H,12-13H2,1-4H3,(H,30,31). The Balaban J connectivity index is 1.59. The van der Waals surface area contributed by atoms with Crippen LogP contribution in [0.5, 0.6) is 28.7 Å². The number of carbonyl (C=O) groups is 1. The average Bonchev–Trinajstić information content (AvgIpc) is 3.51. The largest absolute Gasteiger partial charge is 0.502 e. The Morgan fingerprint density at radius 3 is 2.16 bits per heavy atom. The second kappa shape index (κ2) is 10.4. The fraction of sp³-hybridized carbons (Fsp3) is 0.241. The van der Waals surface area contributed by atoms with Gasteiger partial charge in [-0.3, -0.25) is 9.89 Å². The van der Waals surface area contributed by atoms with Crippen molar-refractivity contribution in [3.8, 4) is 40.0 Å². The average molecular weight is 516 g/mol. The summed E-state index contributed by atoms with van der Waals surface area (Å²) in [7, 11) is 6.15. The first-order valence-corrected chi connectivity index (χ1v) is 12.1. The molecule has 4 aromatic rings. The summed E-state index contributed by atoms with van der Waals surface area (Å²) < 4.78 is 21.7. The summed E-state index contributed by atoms with van der Waals surface area (Å²) in [5.41, 5.74) is 4.51. The molecule has 2 heterocycles. The third-order valence-corrected chi connectivity index (χ3v) is 6.82. The van der Waals surface area contributed by atoms with E-state index in [-0.39, 0.29) is 23.2 Å². The number of methoxy groups -OCH3 is 4. The minimum Gasteiger partial charge on any atom is -0.502 e. The highest BCUT2D eigenvalue weighted by molar-refractivity contribution is 6.00. The fourth-order valence-electron chi connectivity index (χ4n) is 4.95. The first kappa shape index (κ1) is 25.0. The minimum atomic E-state index is -0.491.